The molecule has 0 saturated carbocycles. The minimum Gasteiger partial charge on any atom is -0.389 e. The summed E-state index contributed by atoms with van der Waals surface area (Å²) in [7, 11) is 0. The zero-order valence-corrected chi connectivity index (χ0v) is 7.40. The van der Waals surface area contributed by atoms with Gasteiger partial charge in [-0.05, 0) is 29.3 Å². The van der Waals surface area contributed by atoms with Gasteiger partial charge in [0.25, 0.3) is 0 Å². The molecule has 1 rings (SSSR count). The van der Waals surface area contributed by atoms with E-state index < -0.39 is 5.60 Å². The molecule has 2 nitrogen and oxygen atoms in total. The molecular weight excluding hydrogens is 158 g/mol. The monoisotopic (exact) mass is 171 g/mol. The first-order valence-corrected chi connectivity index (χ1v) is 4.52. The van der Waals surface area contributed by atoms with Crippen LogP contribution in [0.25, 0.3) is 0 Å². The molecule has 1 heterocycles. The fraction of sp³-hybridized carbons (Fsp3) is 0.500. The van der Waals surface area contributed by atoms with Crippen molar-refractivity contribution >= 4 is 11.3 Å². The summed E-state index contributed by atoms with van der Waals surface area (Å²) >= 11 is 1.64. The van der Waals surface area contributed by atoms with Crippen molar-refractivity contribution in [3.63, 3.8) is 0 Å². The zero-order valence-electron chi connectivity index (χ0n) is 6.58. The summed E-state index contributed by atoms with van der Waals surface area (Å²) in [4.78, 5) is 0. The largest absolute Gasteiger partial charge is 0.389 e. The number of nitrogens with two attached hydrogens (primary N) is 1. The molecule has 0 spiro atoms. The standard InChI is InChI=1S/C8H13NOS/c1-8(10,6-9)4-7-2-3-11-5-7/h2-3,5,10H,4,6,9H2,1H3/t8-/m1/s1. The van der Waals surface area contributed by atoms with Gasteiger partial charge in [0.05, 0.1) is 5.60 Å². The van der Waals surface area contributed by atoms with Crippen LogP contribution in [-0.4, -0.2) is 17.3 Å². The van der Waals surface area contributed by atoms with Crippen molar-refractivity contribution in [1.82, 2.24) is 0 Å². The van der Waals surface area contributed by atoms with E-state index in [4.69, 9.17) is 5.73 Å². The van der Waals surface area contributed by atoms with Crippen LogP contribution in [0.15, 0.2) is 16.8 Å². The van der Waals surface area contributed by atoms with Gasteiger partial charge in [0.2, 0.25) is 0 Å². The molecule has 3 heteroatoms. The molecule has 0 aromatic carbocycles. The number of rotatable bonds is 3. The highest BCUT2D eigenvalue weighted by Crippen LogP contribution is 2.14. The van der Waals surface area contributed by atoms with Crippen LogP contribution in [0, 0.1) is 0 Å². The van der Waals surface area contributed by atoms with E-state index >= 15 is 0 Å². The second-order valence-corrected chi connectivity index (χ2v) is 3.79. The number of aliphatic hydroxyl groups is 1. The smallest absolute Gasteiger partial charge is 0.0781 e. The maximum atomic E-state index is 9.57. The fourth-order valence-electron chi connectivity index (χ4n) is 0.905. The van der Waals surface area contributed by atoms with Crippen LogP contribution in [0.5, 0.6) is 0 Å². The number of hydrogen-bond acceptors (Lipinski definition) is 3. The Morgan fingerprint density at radius 2 is 2.45 bits per heavy atom. The van der Waals surface area contributed by atoms with Crippen LogP contribution in [-0.2, 0) is 6.42 Å². The predicted molar refractivity (Wildman–Crippen MR) is 47.7 cm³/mol. The average Bonchev–Trinajstić information content (AvgIpc) is 2.39. The SMILES string of the molecule is C[C@](O)(CN)Cc1ccsc1. The van der Waals surface area contributed by atoms with E-state index in [0.29, 0.717) is 13.0 Å². The van der Waals surface area contributed by atoms with Gasteiger partial charge in [0.15, 0.2) is 0 Å². The van der Waals surface area contributed by atoms with Crippen molar-refractivity contribution in [2.24, 2.45) is 5.73 Å². The lowest BCUT2D eigenvalue weighted by Crippen LogP contribution is -2.36. The Hall–Kier alpha value is -0.380. The van der Waals surface area contributed by atoms with Crippen LogP contribution in [0.1, 0.15) is 12.5 Å². The highest BCUT2D eigenvalue weighted by atomic mass is 32.1. The van der Waals surface area contributed by atoms with Gasteiger partial charge in [0, 0.05) is 13.0 Å². The first-order valence-electron chi connectivity index (χ1n) is 3.57. The molecule has 1 aromatic rings. The molecule has 0 fully saturated rings. The minimum atomic E-state index is -0.749. The zero-order chi connectivity index (χ0) is 8.32. The summed E-state index contributed by atoms with van der Waals surface area (Å²) in [6.45, 7) is 2.06. The summed E-state index contributed by atoms with van der Waals surface area (Å²) in [5.41, 5.74) is 5.79. The first kappa shape index (κ1) is 8.71. The summed E-state index contributed by atoms with van der Waals surface area (Å²) in [5, 5.41) is 13.6. The van der Waals surface area contributed by atoms with E-state index in [-0.39, 0.29) is 0 Å². The van der Waals surface area contributed by atoms with Gasteiger partial charge in [-0.25, -0.2) is 0 Å². The lowest BCUT2D eigenvalue weighted by molar-refractivity contribution is 0.0697. The maximum absolute atomic E-state index is 9.57. The van der Waals surface area contributed by atoms with Crippen molar-refractivity contribution in [2.45, 2.75) is 18.9 Å². The molecule has 0 aliphatic rings. The number of hydrogen-bond donors (Lipinski definition) is 2. The Kier molecular flexibility index (Phi) is 2.65. The van der Waals surface area contributed by atoms with E-state index in [1.54, 1.807) is 18.3 Å². The molecule has 0 bridgehead atoms. The Morgan fingerprint density at radius 3 is 2.91 bits per heavy atom. The van der Waals surface area contributed by atoms with Gasteiger partial charge in [0.1, 0.15) is 0 Å². The average molecular weight is 171 g/mol. The lowest BCUT2D eigenvalue weighted by atomic mass is 9.99. The van der Waals surface area contributed by atoms with Crippen molar-refractivity contribution in [3.05, 3.63) is 22.4 Å². The van der Waals surface area contributed by atoms with Gasteiger partial charge >= 0.3 is 0 Å². The van der Waals surface area contributed by atoms with E-state index in [9.17, 15) is 5.11 Å². The molecule has 1 atom stereocenters. The Bertz CT molecular complexity index is 206. The molecule has 0 aliphatic heterocycles. The second-order valence-electron chi connectivity index (χ2n) is 3.01. The summed E-state index contributed by atoms with van der Waals surface area (Å²) in [6.07, 6.45) is 0.646. The van der Waals surface area contributed by atoms with E-state index in [2.05, 4.69) is 0 Å². The molecule has 3 N–H and O–H groups in total. The summed E-state index contributed by atoms with van der Waals surface area (Å²) in [6, 6.07) is 2.01. The molecule has 0 aliphatic carbocycles. The van der Waals surface area contributed by atoms with Crippen molar-refractivity contribution in [3.8, 4) is 0 Å². The van der Waals surface area contributed by atoms with E-state index in [0.717, 1.165) is 5.56 Å². The van der Waals surface area contributed by atoms with Gasteiger partial charge in [-0.2, -0.15) is 11.3 Å². The Labute approximate surface area is 70.7 Å². The maximum Gasteiger partial charge on any atom is 0.0781 e. The van der Waals surface area contributed by atoms with Crippen LogP contribution in [0.4, 0.5) is 0 Å². The highest BCUT2D eigenvalue weighted by Gasteiger charge is 2.18. The molecule has 0 unspecified atom stereocenters. The number of thiophene rings is 1. The first-order chi connectivity index (χ1) is 5.14. The van der Waals surface area contributed by atoms with Crippen molar-refractivity contribution in [2.75, 3.05) is 6.54 Å². The lowest BCUT2D eigenvalue weighted by Gasteiger charge is -2.19. The van der Waals surface area contributed by atoms with E-state index in [1.165, 1.54) is 0 Å². The second kappa shape index (κ2) is 3.34. The highest BCUT2D eigenvalue weighted by molar-refractivity contribution is 7.07. The molecule has 1 aromatic heterocycles. The molecular formula is C8H13NOS. The normalized spacial score (nSPS) is 16.3. The molecule has 0 radical (unpaired) electrons. The van der Waals surface area contributed by atoms with Gasteiger partial charge in [-0.15, -0.1) is 0 Å². The Balaban J connectivity index is 2.56. The molecule has 0 saturated heterocycles. The van der Waals surface area contributed by atoms with Crippen LogP contribution < -0.4 is 5.73 Å². The summed E-state index contributed by atoms with van der Waals surface area (Å²) < 4.78 is 0. The topological polar surface area (TPSA) is 46.2 Å². The van der Waals surface area contributed by atoms with Crippen molar-refractivity contribution in [1.29, 1.82) is 0 Å². The minimum absolute atomic E-state index is 0.308. The molecule has 11 heavy (non-hydrogen) atoms. The van der Waals surface area contributed by atoms with Crippen LogP contribution in [0.2, 0.25) is 0 Å². The van der Waals surface area contributed by atoms with Crippen LogP contribution in [0.3, 0.4) is 0 Å². The molecule has 62 valence electrons. The third-order valence-corrected chi connectivity index (χ3v) is 2.34. The summed E-state index contributed by atoms with van der Waals surface area (Å²) in [5.74, 6) is 0. The van der Waals surface area contributed by atoms with E-state index in [1.807, 2.05) is 16.8 Å². The van der Waals surface area contributed by atoms with Crippen molar-refractivity contribution < 1.29 is 5.11 Å². The Morgan fingerprint density at radius 1 is 1.73 bits per heavy atom. The molecule has 0 amide bonds. The van der Waals surface area contributed by atoms with Gasteiger partial charge in [-0.1, -0.05) is 0 Å². The third kappa shape index (κ3) is 2.61. The van der Waals surface area contributed by atoms with Crippen LogP contribution >= 0.6 is 11.3 Å². The van der Waals surface area contributed by atoms with Gasteiger partial charge < -0.3 is 10.8 Å². The predicted octanol–water partition coefficient (Wildman–Crippen LogP) is 1.00. The van der Waals surface area contributed by atoms with Gasteiger partial charge in [-0.3, -0.25) is 0 Å². The quantitative estimate of drug-likeness (QED) is 0.712. The third-order valence-electron chi connectivity index (χ3n) is 1.60. The fourth-order valence-corrected chi connectivity index (χ4v) is 1.57.